The fourth-order valence-electron chi connectivity index (χ4n) is 5.08. The van der Waals surface area contributed by atoms with E-state index in [1.54, 1.807) is 0 Å². The first-order chi connectivity index (χ1) is 14.1. The first-order valence-corrected chi connectivity index (χ1v) is 11.0. The number of nitrogen functional groups attached to an aromatic ring is 1. The molecule has 9 heteroatoms. The van der Waals surface area contributed by atoms with Crippen molar-refractivity contribution in [2.24, 2.45) is 0 Å². The summed E-state index contributed by atoms with van der Waals surface area (Å²) in [5, 5.41) is 4.24. The van der Waals surface area contributed by atoms with Gasteiger partial charge in [-0.3, -0.25) is 0 Å². The zero-order chi connectivity index (χ0) is 19.5. The van der Waals surface area contributed by atoms with Gasteiger partial charge in [-0.25, -0.2) is 9.78 Å². The molecular formula is C20H23N7OS. The number of aromatic nitrogens is 3. The van der Waals surface area contributed by atoms with Crippen molar-refractivity contribution in [2.45, 2.75) is 37.9 Å². The zero-order valence-electron chi connectivity index (χ0n) is 16.0. The molecule has 1 aromatic carbocycles. The molecule has 2 bridgehead atoms. The smallest absolute Gasteiger partial charge is 0.347 e. The lowest BCUT2D eigenvalue weighted by molar-refractivity contribution is 0.461. The van der Waals surface area contributed by atoms with E-state index in [0.29, 0.717) is 23.8 Å². The number of piperazine rings is 1. The van der Waals surface area contributed by atoms with Crippen LogP contribution in [0.4, 0.5) is 16.6 Å². The lowest BCUT2D eigenvalue weighted by Gasteiger charge is -2.37. The number of anilines is 3. The van der Waals surface area contributed by atoms with Gasteiger partial charge in [0.05, 0.1) is 22.4 Å². The maximum absolute atomic E-state index is 12.4. The van der Waals surface area contributed by atoms with E-state index in [-0.39, 0.29) is 5.69 Å². The van der Waals surface area contributed by atoms with E-state index in [4.69, 9.17) is 5.73 Å². The number of nitrogens with zero attached hydrogens (tertiary/aromatic N) is 4. The van der Waals surface area contributed by atoms with E-state index >= 15 is 0 Å². The molecule has 2 atom stereocenters. The monoisotopic (exact) mass is 409 g/mol. The minimum absolute atomic E-state index is 0.258. The van der Waals surface area contributed by atoms with Gasteiger partial charge < -0.3 is 25.8 Å². The highest BCUT2D eigenvalue weighted by atomic mass is 32.1. The van der Waals surface area contributed by atoms with Crippen molar-refractivity contribution in [1.29, 1.82) is 0 Å². The van der Waals surface area contributed by atoms with Crippen molar-refractivity contribution in [3.63, 3.8) is 0 Å². The van der Waals surface area contributed by atoms with Crippen molar-refractivity contribution in [2.75, 3.05) is 35.2 Å². The Morgan fingerprint density at radius 1 is 1.14 bits per heavy atom. The fourth-order valence-corrected chi connectivity index (χ4v) is 5.96. The Balaban J connectivity index is 1.36. The molecule has 8 nitrogen and oxygen atoms in total. The molecule has 2 unspecified atom stereocenters. The number of nitrogens with one attached hydrogen (secondary N) is 2. The van der Waals surface area contributed by atoms with Gasteiger partial charge in [0, 0.05) is 43.0 Å². The maximum Gasteiger partial charge on any atom is 0.347 e. The third-order valence-electron chi connectivity index (χ3n) is 6.35. The van der Waals surface area contributed by atoms with E-state index in [0.717, 1.165) is 53.5 Å². The Morgan fingerprint density at radius 2 is 1.97 bits per heavy atom. The Labute approximate surface area is 171 Å². The molecule has 6 rings (SSSR count). The lowest BCUT2D eigenvalue weighted by atomic mass is 10.0. The molecule has 2 saturated heterocycles. The fraction of sp³-hybridized carbons (Fsp3) is 0.450. The second-order valence-corrected chi connectivity index (χ2v) is 9.25. The van der Waals surface area contributed by atoms with Gasteiger partial charge >= 0.3 is 5.69 Å². The molecule has 2 fully saturated rings. The molecule has 0 spiro atoms. The Bertz CT molecular complexity index is 1140. The summed E-state index contributed by atoms with van der Waals surface area (Å²) in [4.78, 5) is 28.9. The largest absolute Gasteiger partial charge is 0.375 e. The standard InChI is InChI=1S/C20H23N7OS/c21-19-23-14-2-1-3-16(17(14)29-19)26-7-6-13-15(10-26)24-20(28)25-18(13)27-8-11-4-5-12(9-27)22-11/h1-3,11-12,22H,4-10H2,(H2,21,23)(H,24,25,28). The van der Waals surface area contributed by atoms with Crippen molar-refractivity contribution in [3.8, 4) is 0 Å². The van der Waals surface area contributed by atoms with Crippen molar-refractivity contribution in [3.05, 3.63) is 39.9 Å². The summed E-state index contributed by atoms with van der Waals surface area (Å²) in [5.41, 5.74) is 9.90. The van der Waals surface area contributed by atoms with Crippen molar-refractivity contribution < 1.29 is 0 Å². The van der Waals surface area contributed by atoms with E-state index < -0.39 is 0 Å². The molecule has 0 saturated carbocycles. The summed E-state index contributed by atoms with van der Waals surface area (Å²) < 4.78 is 1.10. The summed E-state index contributed by atoms with van der Waals surface area (Å²) in [6.45, 7) is 3.41. The van der Waals surface area contributed by atoms with Gasteiger partial charge in [-0.15, -0.1) is 0 Å². The number of rotatable bonds is 2. The second-order valence-electron chi connectivity index (χ2n) is 8.21. The van der Waals surface area contributed by atoms with Crippen LogP contribution in [0, 0.1) is 0 Å². The summed E-state index contributed by atoms with van der Waals surface area (Å²) in [6.07, 6.45) is 3.28. The lowest BCUT2D eigenvalue weighted by Crippen LogP contribution is -2.52. The zero-order valence-corrected chi connectivity index (χ0v) is 16.8. The third kappa shape index (κ3) is 2.87. The van der Waals surface area contributed by atoms with Crippen LogP contribution >= 0.6 is 11.3 Å². The number of fused-ring (bicyclic) bond motifs is 4. The number of nitrogens with two attached hydrogens (primary N) is 1. The van der Waals surface area contributed by atoms with Gasteiger partial charge in [-0.1, -0.05) is 17.4 Å². The molecular weight excluding hydrogens is 386 g/mol. The van der Waals surface area contributed by atoms with Gasteiger partial charge in [-0.05, 0) is 31.4 Å². The van der Waals surface area contributed by atoms with Crippen LogP contribution in [0.25, 0.3) is 10.2 Å². The van der Waals surface area contributed by atoms with Crippen LogP contribution in [0.2, 0.25) is 0 Å². The van der Waals surface area contributed by atoms with Crippen LogP contribution in [0.1, 0.15) is 24.1 Å². The average Bonchev–Trinajstić information content (AvgIpc) is 3.26. The molecule has 0 amide bonds. The molecule has 5 heterocycles. The number of hydrogen-bond acceptors (Lipinski definition) is 8. The maximum atomic E-state index is 12.4. The van der Waals surface area contributed by atoms with Crippen LogP contribution in [0.5, 0.6) is 0 Å². The van der Waals surface area contributed by atoms with Gasteiger partial charge in [-0.2, -0.15) is 4.98 Å². The normalized spacial score (nSPS) is 23.6. The number of aromatic amines is 1. The highest BCUT2D eigenvalue weighted by Crippen LogP contribution is 2.36. The van der Waals surface area contributed by atoms with E-state index in [1.807, 2.05) is 12.1 Å². The third-order valence-corrected chi connectivity index (χ3v) is 7.27. The summed E-state index contributed by atoms with van der Waals surface area (Å²) in [5.74, 6) is 0.891. The van der Waals surface area contributed by atoms with Crippen LogP contribution in [0.15, 0.2) is 23.0 Å². The molecule has 3 aliphatic heterocycles. The topological polar surface area (TPSA) is 103 Å². The number of H-pyrrole nitrogens is 1. The summed E-state index contributed by atoms with van der Waals surface area (Å²) in [6, 6.07) is 7.15. The Kier molecular flexibility index (Phi) is 3.82. The quantitative estimate of drug-likeness (QED) is 0.589. The predicted octanol–water partition coefficient (Wildman–Crippen LogP) is 1.47. The SMILES string of the molecule is Nc1nc2cccc(N3CCc4c(N5CC6CCC(C5)N6)nc(=O)[nH]c4C3)c2s1. The van der Waals surface area contributed by atoms with E-state index in [2.05, 4.69) is 36.1 Å². The highest BCUT2D eigenvalue weighted by Gasteiger charge is 2.35. The van der Waals surface area contributed by atoms with Gasteiger partial charge in [0.2, 0.25) is 0 Å². The molecule has 4 N–H and O–H groups in total. The molecule has 29 heavy (non-hydrogen) atoms. The molecule has 3 aliphatic rings. The molecule has 3 aromatic rings. The molecule has 0 radical (unpaired) electrons. The van der Waals surface area contributed by atoms with Crippen LogP contribution in [-0.4, -0.2) is 46.7 Å². The minimum Gasteiger partial charge on any atom is -0.375 e. The van der Waals surface area contributed by atoms with Crippen LogP contribution < -0.4 is 26.5 Å². The Morgan fingerprint density at radius 3 is 2.79 bits per heavy atom. The highest BCUT2D eigenvalue weighted by molar-refractivity contribution is 7.22. The van der Waals surface area contributed by atoms with Crippen LogP contribution in [-0.2, 0) is 13.0 Å². The summed E-state index contributed by atoms with van der Waals surface area (Å²) in [7, 11) is 0. The second kappa shape index (κ2) is 6.43. The van der Waals surface area contributed by atoms with Crippen molar-refractivity contribution in [1.82, 2.24) is 20.3 Å². The minimum atomic E-state index is -0.258. The number of benzene rings is 1. The molecule has 2 aromatic heterocycles. The van der Waals surface area contributed by atoms with Gasteiger partial charge in [0.1, 0.15) is 5.82 Å². The van der Waals surface area contributed by atoms with Gasteiger partial charge in [0.15, 0.2) is 5.13 Å². The van der Waals surface area contributed by atoms with Gasteiger partial charge in [0.25, 0.3) is 0 Å². The van der Waals surface area contributed by atoms with Crippen LogP contribution in [0.3, 0.4) is 0 Å². The summed E-state index contributed by atoms with van der Waals surface area (Å²) >= 11 is 1.52. The van der Waals surface area contributed by atoms with E-state index in [1.165, 1.54) is 29.7 Å². The Hall–Kier alpha value is -2.65. The van der Waals surface area contributed by atoms with Crippen molar-refractivity contribution >= 4 is 38.2 Å². The first kappa shape index (κ1) is 17.2. The number of hydrogen-bond donors (Lipinski definition) is 3. The van der Waals surface area contributed by atoms with E-state index in [9.17, 15) is 4.79 Å². The average molecular weight is 410 g/mol. The number of thiazole rings is 1. The molecule has 150 valence electrons. The molecule has 0 aliphatic carbocycles. The predicted molar refractivity (Wildman–Crippen MR) is 116 cm³/mol. The first-order valence-electron chi connectivity index (χ1n) is 10.2.